The Morgan fingerprint density at radius 3 is 2.85 bits per heavy atom. The number of hydrogen-bond acceptors (Lipinski definition) is 4. The molecular weight excluding hydrogens is 182 g/mol. The number of rotatable bonds is 1. The molecule has 2 heterocycles. The van der Waals surface area contributed by atoms with Gasteiger partial charge in [0.25, 0.3) is 0 Å². The van der Waals surface area contributed by atoms with Crippen molar-refractivity contribution in [1.29, 1.82) is 0 Å². The molecule has 1 aromatic heterocycles. The Bertz CT molecular complexity index is 284. The second-order valence-corrected chi connectivity index (χ2v) is 4.27. The van der Waals surface area contributed by atoms with Crippen LogP contribution in [-0.4, -0.2) is 29.6 Å². The molecule has 0 saturated carbocycles. The van der Waals surface area contributed by atoms with Gasteiger partial charge in [0, 0.05) is 42.5 Å². The SMILES string of the molecule is Nc1ccnc(N2CCSCC2)c1. The molecule has 0 amide bonds. The molecule has 1 aromatic rings. The van der Waals surface area contributed by atoms with Gasteiger partial charge in [0.05, 0.1) is 0 Å². The summed E-state index contributed by atoms with van der Waals surface area (Å²) in [5, 5.41) is 0. The van der Waals surface area contributed by atoms with Crippen LogP contribution >= 0.6 is 11.8 Å². The molecule has 0 bridgehead atoms. The van der Waals surface area contributed by atoms with E-state index in [1.54, 1.807) is 6.20 Å². The van der Waals surface area contributed by atoms with Crippen molar-refractivity contribution in [3.8, 4) is 0 Å². The van der Waals surface area contributed by atoms with E-state index >= 15 is 0 Å². The topological polar surface area (TPSA) is 42.1 Å². The normalized spacial score (nSPS) is 17.4. The van der Waals surface area contributed by atoms with Gasteiger partial charge in [0.1, 0.15) is 5.82 Å². The minimum atomic E-state index is 0.795. The van der Waals surface area contributed by atoms with Gasteiger partial charge in [-0.25, -0.2) is 4.98 Å². The highest BCUT2D eigenvalue weighted by Crippen LogP contribution is 2.18. The first kappa shape index (κ1) is 8.69. The van der Waals surface area contributed by atoms with Crippen LogP contribution in [0.15, 0.2) is 18.3 Å². The highest BCUT2D eigenvalue weighted by Gasteiger charge is 2.11. The van der Waals surface area contributed by atoms with Gasteiger partial charge < -0.3 is 10.6 Å². The monoisotopic (exact) mass is 195 g/mol. The van der Waals surface area contributed by atoms with Crippen LogP contribution in [0.1, 0.15) is 0 Å². The molecule has 0 radical (unpaired) electrons. The van der Waals surface area contributed by atoms with Crippen molar-refractivity contribution in [2.24, 2.45) is 0 Å². The number of aromatic nitrogens is 1. The predicted molar refractivity (Wildman–Crippen MR) is 58.2 cm³/mol. The number of hydrogen-bond donors (Lipinski definition) is 1. The van der Waals surface area contributed by atoms with Gasteiger partial charge in [-0.3, -0.25) is 0 Å². The van der Waals surface area contributed by atoms with E-state index in [9.17, 15) is 0 Å². The minimum Gasteiger partial charge on any atom is -0.399 e. The van der Waals surface area contributed by atoms with E-state index in [-0.39, 0.29) is 0 Å². The van der Waals surface area contributed by atoms with Crippen LogP contribution in [0.2, 0.25) is 0 Å². The molecule has 70 valence electrons. The molecule has 1 aliphatic rings. The van der Waals surface area contributed by atoms with Gasteiger partial charge in [-0.05, 0) is 6.07 Å². The molecule has 2 N–H and O–H groups in total. The summed E-state index contributed by atoms with van der Waals surface area (Å²) in [5.74, 6) is 3.40. The number of nitrogens with zero attached hydrogens (tertiary/aromatic N) is 2. The third-order valence-electron chi connectivity index (χ3n) is 2.10. The maximum Gasteiger partial charge on any atom is 0.130 e. The number of thioether (sulfide) groups is 1. The first-order valence-corrected chi connectivity index (χ1v) is 5.56. The fourth-order valence-corrected chi connectivity index (χ4v) is 2.30. The number of nitrogens with two attached hydrogens (primary N) is 1. The average Bonchev–Trinajstić information content (AvgIpc) is 2.19. The summed E-state index contributed by atoms with van der Waals surface area (Å²) in [5.41, 5.74) is 6.49. The Hall–Kier alpha value is -0.900. The lowest BCUT2D eigenvalue weighted by Gasteiger charge is -2.27. The fourth-order valence-electron chi connectivity index (χ4n) is 1.40. The molecule has 1 aliphatic heterocycles. The van der Waals surface area contributed by atoms with E-state index in [2.05, 4.69) is 9.88 Å². The van der Waals surface area contributed by atoms with E-state index in [0.29, 0.717) is 0 Å². The predicted octanol–water partition coefficient (Wildman–Crippen LogP) is 1.22. The summed E-state index contributed by atoms with van der Waals surface area (Å²) < 4.78 is 0. The number of nitrogen functional groups attached to an aromatic ring is 1. The van der Waals surface area contributed by atoms with Crippen molar-refractivity contribution in [1.82, 2.24) is 4.98 Å². The van der Waals surface area contributed by atoms with Crippen LogP contribution in [0.4, 0.5) is 11.5 Å². The Morgan fingerprint density at radius 2 is 2.15 bits per heavy atom. The van der Waals surface area contributed by atoms with Crippen LogP contribution in [0.5, 0.6) is 0 Å². The largest absolute Gasteiger partial charge is 0.399 e. The molecular formula is C9H13N3S. The van der Waals surface area contributed by atoms with E-state index < -0.39 is 0 Å². The third kappa shape index (κ3) is 2.06. The van der Waals surface area contributed by atoms with Gasteiger partial charge >= 0.3 is 0 Å². The van der Waals surface area contributed by atoms with E-state index in [1.807, 2.05) is 23.9 Å². The summed E-state index contributed by atoms with van der Waals surface area (Å²) in [7, 11) is 0. The zero-order chi connectivity index (χ0) is 9.10. The lowest BCUT2D eigenvalue weighted by Crippen LogP contribution is -2.33. The maximum atomic E-state index is 5.69. The number of pyridine rings is 1. The van der Waals surface area contributed by atoms with Crippen molar-refractivity contribution in [2.75, 3.05) is 35.2 Å². The average molecular weight is 195 g/mol. The smallest absolute Gasteiger partial charge is 0.130 e. The fraction of sp³-hybridized carbons (Fsp3) is 0.444. The maximum absolute atomic E-state index is 5.69. The summed E-state index contributed by atoms with van der Waals surface area (Å²) in [6, 6.07) is 3.76. The molecule has 13 heavy (non-hydrogen) atoms. The van der Waals surface area contributed by atoms with Crippen LogP contribution in [0.3, 0.4) is 0 Å². The molecule has 0 unspecified atom stereocenters. The lowest BCUT2D eigenvalue weighted by atomic mass is 10.3. The van der Waals surface area contributed by atoms with E-state index in [1.165, 1.54) is 11.5 Å². The Balaban J connectivity index is 2.14. The summed E-state index contributed by atoms with van der Waals surface area (Å²) in [6.45, 7) is 2.17. The van der Waals surface area contributed by atoms with Crippen LogP contribution in [0, 0.1) is 0 Å². The second kappa shape index (κ2) is 3.87. The minimum absolute atomic E-state index is 0.795. The van der Waals surface area contributed by atoms with E-state index in [4.69, 9.17) is 5.73 Å². The van der Waals surface area contributed by atoms with Crippen molar-refractivity contribution < 1.29 is 0 Å². The molecule has 4 heteroatoms. The highest BCUT2D eigenvalue weighted by molar-refractivity contribution is 7.99. The summed E-state index contributed by atoms with van der Waals surface area (Å²) >= 11 is 2.00. The third-order valence-corrected chi connectivity index (χ3v) is 3.05. The summed E-state index contributed by atoms with van der Waals surface area (Å²) in [6.07, 6.45) is 1.77. The van der Waals surface area contributed by atoms with Gasteiger partial charge in [0.15, 0.2) is 0 Å². The summed E-state index contributed by atoms with van der Waals surface area (Å²) in [4.78, 5) is 6.58. The van der Waals surface area contributed by atoms with Crippen molar-refractivity contribution in [2.45, 2.75) is 0 Å². The Morgan fingerprint density at radius 1 is 1.38 bits per heavy atom. The van der Waals surface area contributed by atoms with Gasteiger partial charge in [-0.1, -0.05) is 0 Å². The molecule has 1 saturated heterocycles. The molecule has 0 spiro atoms. The molecule has 2 rings (SSSR count). The molecule has 3 nitrogen and oxygen atoms in total. The molecule has 0 aromatic carbocycles. The van der Waals surface area contributed by atoms with Crippen molar-refractivity contribution in [3.63, 3.8) is 0 Å². The highest BCUT2D eigenvalue weighted by atomic mass is 32.2. The van der Waals surface area contributed by atoms with Gasteiger partial charge in [-0.15, -0.1) is 0 Å². The van der Waals surface area contributed by atoms with Gasteiger partial charge in [0.2, 0.25) is 0 Å². The zero-order valence-corrected chi connectivity index (χ0v) is 8.26. The zero-order valence-electron chi connectivity index (χ0n) is 7.44. The van der Waals surface area contributed by atoms with Gasteiger partial charge in [-0.2, -0.15) is 11.8 Å². The Kier molecular flexibility index (Phi) is 2.59. The standard InChI is InChI=1S/C9H13N3S/c10-8-1-2-11-9(7-8)12-3-5-13-6-4-12/h1-2,7H,3-6H2,(H2,10,11). The van der Waals surface area contributed by atoms with Crippen molar-refractivity contribution >= 4 is 23.3 Å². The Labute approximate surface area is 82.3 Å². The van der Waals surface area contributed by atoms with E-state index in [0.717, 1.165) is 24.6 Å². The van der Waals surface area contributed by atoms with Crippen LogP contribution < -0.4 is 10.6 Å². The molecule has 0 aliphatic carbocycles. The molecule has 0 atom stereocenters. The molecule has 1 fully saturated rings. The first-order chi connectivity index (χ1) is 6.36. The van der Waals surface area contributed by atoms with Crippen LogP contribution in [-0.2, 0) is 0 Å². The number of anilines is 2. The quantitative estimate of drug-likeness (QED) is 0.731. The first-order valence-electron chi connectivity index (χ1n) is 4.40. The lowest BCUT2D eigenvalue weighted by molar-refractivity contribution is 0.840. The second-order valence-electron chi connectivity index (χ2n) is 3.05. The van der Waals surface area contributed by atoms with Crippen LogP contribution in [0.25, 0.3) is 0 Å². The van der Waals surface area contributed by atoms with Crippen molar-refractivity contribution in [3.05, 3.63) is 18.3 Å².